The second kappa shape index (κ2) is 19.9. The van der Waals surface area contributed by atoms with Gasteiger partial charge in [0.25, 0.3) is 5.91 Å². The fourth-order valence-electron chi connectivity index (χ4n) is 3.34. The van der Waals surface area contributed by atoms with Gasteiger partial charge in [-0.1, -0.05) is 51.9 Å². The van der Waals surface area contributed by atoms with Gasteiger partial charge in [0.05, 0.1) is 19.8 Å². The zero-order chi connectivity index (χ0) is 27.5. The quantitative estimate of drug-likeness (QED) is 0.106. The van der Waals surface area contributed by atoms with Crippen LogP contribution in [0.1, 0.15) is 68.6 Å². The minimum absolute atomic E-state index is 0.00847. The van der Waals surface area contributed by atoms with E-state index in [4.69, 9.17) is 29.5 Å². The molecule has 1 aromatic carbocycles. The van der Waals surface area contributed by atoms with Gasteiger partial charge < -0.3 is 50.2 Å². The van der Waals surface area contributed by atoms with Crippen molar-refractivity contribution in [1.29, 1.82) is 0 Å². The Kier molecular flexibility index (Phi) is 17.7. The Bertz CT molecular complexity index is 713. The molecule has 0 aliphatic heterocycles. The number of nitrogens with one attached hydrogen (secondary N) is 1. The highest BCUT2D eigenvalue weighted by atomic mass is 16.6. The number of amides is 1. The fourth-order valence-corrected chi connectivity index (χ4v) is 3.34. The highest BCUT2D eigenvalue weighted by molar-refractivity contribution is 5.95. The lowest BCUT2D eigenvalue weighted by Gasteiger charge is -2.21. The molecule has 0 aliphatic carbocycles. The number of aliphatic hydroxyl groups is 6. The van der Waals surface area contributed by atoms with Gasteiger partial charge in [-0.05, 0) is 18.6 Å². The maximum atomic E-state index is 12.9. The summed E-state index contributed by atoms with van der Waals surface area (Å²) >= 11 is 0. The Morgan fingerprint density at radius 1 is 0.730 bits per heavy atom. The molecule has 1 rings (SSSR count). The summed E-state index contributed by atoms with van der Waals surface area (Å²) in [5.74, 6) is -0.455. The smallest absolute Gasteiger partial charge is 0.251 e. The van der Waals surface area contributed by atoms with Gasteiger partial charge in [0.1, 0.15) is 38.1 Å². The van der Waals surface area contributed by atoms with Gasteiger partial charge in [0.2, 0.25) is 5.75 Å². The van der Waals surface area contributed by atoms with E-state index >= 15 is 0 Å². The average Bonchev–Trinajstić information content (AvgIpc) is 2.91. The van der Waals surface area contributed by atoms with E-state index in [0.29, 0.717) is 6.54 Å². The highest BCUT2D eigenvalue weighted by Gasteiger charge is 2.21. The van der Waals surface area contributed by atoms with E-state index in [1.807, 2.05) is 0 Å². The molecule has 1 aromatic rings. The molecule has 11 heteroatoms. The topological polar surface area (TPSA) is 178 Å². The van der Waals surface area contributed by atoms with Gasteiger partial charge in [-0.15, -0.1) is 0 Å². The molecule has 0 heterocycles. The van der Waals surface area contributed by atoms with E-state index in [0.717, 1.165) is 19.3 Å². The van der Waals surface area contributed by atoms with E-state index < -0.39 is 44.0 Å². The van der Waals surface area contributed by atoms with Crippen LogP contribution in [0, 0.1) is 0 Å². The molecule has 214 valence electrons. The van der Waals surface area contributed by atoms with Gasteiger partial charge >= 0.3 is 0 Å². The molecule has 0 aliphatic rings. The van der Waals surface area contributed by atoms with Crippen LogP contribution in [0.15, 0.2) is 12.1 Å². The molecule has 0 saturated carbocycles. The van der Waals surface area contributed by atoms with Gasteiger partial charge in [0.15, 0.2) is 11.5 Å². The van der Waals surface area contributed by atoms with Crippen LogP contribution in [0.2, 0.25) is 0 Å². The third-order valence-electron chi connectivity index (χ3n) is 5.51. The first-order valence-electron chi connectivity index (χ1n) is 13.1. The maximum Gasteiger partial charge on any atom is 0.251 e. The predicted molar refractivity (Wildman–Crippen MR) is 137 cm³/mol. The molecule has 11 nitrogen and oxygen atoms in total. The molecule has 7 N–H and O–H groups in total. The Hall–Kier alpha value is -2.15. The van der Waals surface area contributed by atoms with Crippen LogP contribution in [0.25, 0.3) is 0 Å². The summed E-state index contributed by atoms with van der Waals surface area (Å²) in [7, 11) is 0. The number of hydrogen-bond acceptors (Lipinski definition) is 10. The average molecular weight is 532 g/mol. The molecule has 0 fully saturated rings. The molecule has 0 bridgehead atoms. The first-order chi connectivity index (χ1) is 17.9. The largest absolute Gasteiger partial charge is 0.487 e. The summed E-state index contributed by atoms with van der Waals surface area (Å²) in [4.78, 5) is 12.9. The molecule has 0 spiro atoms. The first-order valence-corrected chi connectivity index (χ1v) is 13.1. The molecule has 37 heavy (non-hydrogen) atoms. The van der Waals surface area contributed by atoms with Crippen LogP contribution in [0.4, 0.5) is 0 Å². The molecular weight excluding hydrogens is 486 g/mol. The van der Waals surface area contributed by atoms with Crippen molar-refractivity contribution in [2.24, 2.45) is 0 Å². The minimum Gasteiger partial charge on any atom is -0.487 e. The van der Waals surface area contributed by atoms with Crippen molar-refractivity contribution in [3.05, 3.63) is 17.7 Å². The van der Waals surface area contributed by atoms with Crippen LogP contribution in [-0.4, -0.2) is 101 Å². The van der Waals surface area contributed by atoms with Gasteiger partial charge in [-0.2, -0.15) is 0 Å². The number of aliphatic hydroxyl groups excluding tert-OH is 6. The Morgan fingerprint density at radius 3 is 1.62 bits per heavy atom. The highest BCUT2D eigenvalue weighted by Crippen LogP contribution is 2.39. The monoisotopic (exact) mass is 531 g/mol. The maximum absolute atomic E-state index is 12.9. The molecule has 3 unspecified atom stereocenters. The molecule has 0 saturated heterocycles. The number of unbranched alkanes of at least 4 members (excludes halogenated alkanes) is 7. The van der Waals surface area contributed by atoms with E-state index in [9.17, 15) is 20.1 Å². The van der Waals surface area contributed by atoms with Crippen LogP contribution >= 0.6 is 0 Å². The number of hydrogen-bond donors (Lipinski definition) is 7. The van der Waals surface area contributed by atoms with Crippen molar-refractivity contribution in [3.8, 4) is 17.2 Å². The molecule has 0 radical (unpaired) electrons. The third kappa shape index (κ3) is 13.8. The number of ether oxygens (including phenoxy) is 3. The normalized spacial score (nSPS) is 13.6. The number of benzene rings is 1. The SMILES string of the molecule is CCCCCCCCCCNC(=O)c1cc(OCC(O)CO)c(OCC(O)CO)c(OCC(O)CO)c1. The van der Waals surface area contributed by atoms with Crippen LogP contribution in [0.3, 0.4) is 0 Å². The van der Waals surface area contributed by atoms with E-state index in [-0.39, 0.29) is 42.6 Å². The molecule has 0 aromatic heterocycles. The third-order valence-corrected chi connectivity index (χ3v) is 5.51. The van der Waals surface area contributed by atoms with E-state index in [1.54, 1.807) is 0 Å². The van der Waals surface area contributed by atoms with Crippen LogP contribution < -0.4 is 19.5 Å². The van der Waals surface area contributed by atoms with Gasteiger partial charge in [-0.25, -0.2) is 0 Å². The standard InChI is InChI=1S/C26H45NO10/c1-2-3-4-5-6-7-8-9-10-27-26(34)19-11-23(35-16-20(31)13-28)25(37-18-22(33)15-30)24(12-19)36-17-21(32)14-29/h11-12,20-22,28-33H,2-10,13-18H2,1H3,(H,27,34). The van der Waals surface area contributed by atoms with Crippen LogP contribution in [-0.2, 0) is 0 Å². The second-order valence-corrected chi connectivity index (χ2v) is 8.97. The van der Waals surface area contributed by atoms with Gasteiger partial charge in [0, 0.05) is 12.1 Å². The lowest BCUT2D eigenvalue weighted by atomic mass is 10.1. The fraction of sp³-hybridized carbons (Fsp3) is 0.731. The summed E-state index contributed by atoms with van der Waals surface area (Å²) in [5, 5.41) is 59.3. The minimum atomic E-state index is -1.21. The summed E-state index contributed by atoms with van der Waals surface area (Å²) in [5.41, 5.74) is 0.164. The van der Waals surface area contributed by atoms with Crippen molar-refractivity contribution >= 4 is 5.91 Å². The van der Waals surface area contributed by atoms with Crippen molar-refractivity contribution < 1.29 is 49.6 Å². The van der Waals surface area contributed by atoms with E-state index in [2.05, 4.69) is 12.2 Å². The lowest BCUT2D eigenvalue weighted by molar-refractivity contribution is 0.0392. The van der Waals surface area contributed by atoms with E-state index in [1.165, 1.54) is 44.2 Å². The summed E-state index contributed by atoms with van der Waals surface area (Å²) in [6.45, 7) is 0.0272. The summed E-state index contributed by atoms with van der Waals surface area (Å²) in [6.07, 6.45) is 5.49. The summed E-state index contributed by atoms with van der Waals surface area (Å²) < 4.78 is 16.7. The van der Waals surface area contributed by atoms with Crippen molar-refractivity contribution in [2.45, 2.75) is 76.6 Å². The molecular formula is C26H45NO10. The summed E-state index contributed by atoms with van der Waals surface area (Å²) in [6, 6.07) is 2.76. The second-order valence-electron chi connectivity index (χ2n) is 8.97. The number of rotatable bonds is 22. The van der Waals surface area contributed by atoms with Crippen molar-refractivity contribution in [2.75, 3.05) is 46.2 Å². The van der Waals surface area contributed by atoms with Gasteiger partial charge in [-0.3, -0.25) is 4.79 Å². The predicted octanol–water partition coefficient (Wildman–Crippen LogP) is 0.753. The van der Waals surface area contributed by atoms with Crippen LogP contribution in [0.5, 0.6) is 17.2 Å². The Labute approximate surface area is 219 Å². The first kappa shape index (κ1) is 32.9. The Morgan fingerprint density at radius 2 is 1.16 bits per heavy atom. The van der Waals surface area contributed by atoms with Crippen molar-refractivity contribution in [3.63, 3.8) is 0 Å². The molecule has 1 amide bonds. The zero-order valence-electron chi connectivity index (χ0n) is 21.8. The lowest BCUT2D eigenvalue weighted by Crippen LogP contribution is -2.26. The number of carbonyl (C=O) groups is 1. The number of carbonyl (C=O) groups excluding carboxylic acids is 1. The van der Waals surface area contributed by atoms with Crippen molar-refractivity contribution in [1.82, 2.24) is 5.32 Å². The Balaban J connectivity index is 2.96. The molecule has 3 atom stereocenters. The zero-order valence-corrected chi connectivity index (χ0v) is 21.8.